The largest absolute Gasteiger partial charge is 0.482 e. The number of carbonyl (C=O) groups is 2. The quantitative estimate of drug-likeness (QED) is 0.584. The van der Waals surface area contributed by atoms with Crippen molar-refractivity contribution < 1.29 is 19.1 Å². The van der Waals surface area contributed by atoms with Gasteiger partial charge in [0.15, 0.2) is 6.61 Å². The molecule has 0 aliphatic heterocycles. The van der Waals surface area contributed by atoms with Gasteiger partial charge < -0.3 is 20.5 Å². The molecular weight excluding hydrogens is 260 g/mol. The topological polar surface area (TPSA) is 90.7 Å². The van der Waals surface area contributed by atoms with Crippen LogP contribution in [0.5, 0.6) is 5.75 Å². The molecule has 0 aliphatic rings. The normalized spacial score (nSPS) is 11.1. The Kier molecular flexibility index (Phi) is 6.07. The van der Waals surface area contributed by atoms with Crippen molar-refractivity contribution >= 4 is 17.6 Å². The van der Waals surface area contributed by atoms with Crippen molar-refractivity contribution in [3.8, 4) is 18.1 Å². The van der Waals surface area contributed by atoms with Crippen LogP contribution in [-0.4, -0.2) is 31.6 Å². The van der Waals surface area contributed by atoms with Gasteiger partial charge in [-0.2, -0.15) is 0 Å². The van der Waals surface area contributed by atoms with E-state index in [1.165, 1.54) is 7.11 Å². The number of nitrogens with one attached hydrogen (secondary N) is 1. The Morgan fingerprint density at radius 1 is 1.40 bits per heavy atom. The maximum Gasteiger partial charge on any atom is 0.343 e. The second-order valence-electron chi connectivity index (χ2n) is 3.89. The van der Waals surface area contributed by atoms with Crippen molar-refractivity contribution in [2.75, 3.05) is 19.0 Å². The highest BCUT2D eigenvalue weighted by Gasteiger charge is 2.12. The number of amides is 1. The van der Waals surface area contributed by atoms with Crippen LogP contribution in [0, 0.1) is 12.3 Å². The zero-order chi connectivity index (χ0) is 15.0. The van der Waals surface area contributed by atoms with E-state index in [1.807, 2.05) is 0 Å². The number of anilines is 1. The lowest BCUT2D eigenvalue weighted by molar-refractivity contribution is -0.142. The fraction of sp³-hybridized carbons (Fsp3) is 0.286. The molecule has 0 saturated carbocycles. The number of carbonyl (C=O) groups excluding carboxylic acids is 2. The molecular formula is C14H16N2O4. The van der Waals surface area contributed by atoms with Gasteiger partial charge in [-0.25, -0.2) is 4.79 Å². The molecule has 0 spiro atoms. The van der Waals surface area contributed by atoms with Gasteiger partial charge >= 0.3 is 5.97 Å². The van der Waals surface area contributed by atoms with Gasteiger partial charge in [-0.3, -0.25) is 4.79 Å². The van der Waals surface area contributed by atoms with Crippen molar-refractivity contribution in [1.82, 2.24) is 0 Å². The Bertz CT molecular complexity index is 505. The van der Waals surface area contributed by atoms with Gasteiger partial charge in [0.05, 0.1) is 13.2 Å². The van der Waals surface area contributed by atoms with Gasteiger partial charge in [0.1, 0.15) is 5.75 Å². The summed E-state index contributed by atoms with van der Waals surface area (Å²) < 4.78 is 9.61. The van der Waals surface area contributed by atoms with E-state index in [1.54, 1.807) is 24.3 Å². The molecule has 3 N–H and O–H groups in total. The van der Waals surface area contributed by atoms with E-state index in [-0.39, 0.29) is 18.9 Å². The molecule has 0 aromatic heterocycles. The first-order valence-electron chi connectivity index (χ1n) is 5.86. The maximum atomic E-state index is 11.6. The number of benzene rings is 1. The standard InChI is InChI=1S/C14H16N2O4/c1-3-4-12(15)14(18)16-10-5-7-11(8-6-10)20-9-13(17)19-2/h1,5-8,12H,4,9,15H2,2H3,(H,16,18). The minimum Gasteiger partial charge on any atom is -0.482 e. The molecule has 0 heterocycles. The van der Waals surface area contributed by atoms with Crippen molar-refractivity contribution in [2.24, 2.45) is 5.73 Å². The van der Waals surface area contributed by atoms with Crippen LogP contribution < -0.4 is 15.8 Å². The van der Waals surface area contributed by atoms with Gasteiger partial charge in [-0.05, 0) is 24.3 Å². The molecule has 1 amide bonds. The number of esters is 1. The highest BCUT2D eigenvalue weighted by molar-refractivity contribution is 5.94. The smallest absolute Gasteiger partial charge is 0.343 e. The third kappa shape index (κ3) is 5.00. The highest BCUT2D eigenvalue weighted by Crippen LogP contribution is 2.15. The van der Waals surface area contributed by atoms with Gasteiger partial charge in [0.2, 0.25) is 5.91 Å². The second-order valence-corrected chi connectivity index (χ2v) is 3.89. The number of hydrogen-bond acceptors (Lipinski definition) is 5. The van der Waals surface area contributed by atoms with Crippen molar-refractivity contribution in [3.05, 3.63) is 24.3 Å². The summed E-state index contributed by atoms with van der Waals surface area (Å²) >= 11 is 0. The van der Waals surface area contributed by atoms with E-state index in [0.717, 1.165) is 0 Å². The Morgan fingerprint density at radius 2 is 2.05 bits per heavy atom. The summed E-state index contributed by atoms with van der Waals surface area (Å²) in [5.41, 5.74) is 6.13. The lowest BCUT2D eigenvalue weighted by Gasteiger charge is -2.10. The maximum absolute atomic E-state index is 11.6. The molecule has 1 atom stereocenters. The molecule has 1 aromatic rings. The van der Waals surface area contributed by atoms with Crippen LogP contribution in [0.2, 0.25) is 0 Å². The number of hydrogen-bond donors (Lipinski definition) is 2. The zero-order valence-electron chi connectivity index (χ0n) is 11.1. The van der Waals surface area contributed by atoms with E-state index in [2.05, 4.69) is 16.0 Å². The molecule has 0 bridgehead atoms. The Morgan fingerprint density at radius 3 is 2.60 bits per heavy atom. The van der Waals surface area contributed by atoms with E-state index in [4.69, 9.17) is 16.9 Å². The van der Waals surface area contributed by atoms with Crippen LogP contribution in [0.25, 0.3) is 0 Å². The molecule has 0 saturated heterocycles. The number of methoxy groups -OCH3 is 1. The van der Waals surface area contributed by atoms with Crippen molar-refractivity contribution in [2.45, 2.75) is 12.5 Å². The molecule has 0 fully saturated rings. The minimum absolute atomic E-state index is 0.171. The average Bonchev–Trinajstić information content (AvgIpc) is 2.46. The predicted octanol–water partition coefficient (Wildman–Crippen LogP) is 0.527. The molecule has 6 heteroatoms. The van der Waals surface area contributed by atoms with Crippen LogP contribution in [0.4, 0.5) is 5.69 Å². The van der Waals surface area contributed by atoms with E-state index < -0.39 is 12.0 Å². The van der Waals surface area contributed by atoms with Gasteiger partial charge in [-0.15, -0.1) is 12.3 Å². The lowest BCUT2D eigenvalue weighted by atomic mass is 10.2. The number of rotatable bonds is 6. The Labute approximate surface area is 117 Å². The molecule has 20 heavy (non-hydrogen) atoms. The first-order valence-corrected chi connectivity index (χ1v) is 5.86. The Balaban J connectivity index is 2.52. The fourth-order valence-electron chi connectivity index (χ4n) is 1.29. The summed E-state index contributed by atoms with van der Waals surface area (Å²) in [7, 11) is 1.28. The number of nitrogens with two attached hydrogens (primary N) is 1. The SMILES string of the molecule is C#CCC(N)C(=O)Nc1ccc(OCC(=O)OC)cc1. The van der Waals surface area contributed by atoms with Crippen LogP contribution in [0.3, 0.4) is 0 Å². The van der Waals surface area contributed by atoms with Crippen LogP contribution in [-0.2, 0) is 14.3 Å². The number of ether oxygens (including phenoxy) is 2. The molecule has 0 aliphatic carbocycles. The summed E-state index contributed by atoms with van der Waals surface area (Å²) in [4.78, 5) is 22.5. The van der Waals surface area contributed by atoms with Crippen LogP contribution >= 0.6 is 0 Å². The summed E-state index contributed by atoms with van der Waals surface area (Å²) in [6.45, 7) is -0.171. The molecule has 1 unspecified atom stereocenters. The summed E-state index contributed by atoms with van der Waals surface area (Å²) in [6.07, 6.45) is 5.26. The molecule has 106 valence electrons. The average molecular weight is 276 g/mol. The lowest BCUT2D eigenvalue weighted by Crippen LogP contribution is -2.35. The first kappa shape index (κ1) is 15.5. The summed E-state index contributed by atoms with van der Waals surface area (Å²) in [5, 5.41) is 2.62. The van der Waals surface area contributed by atoms with Gasteiger partial charge in [0, 0.05) is 12.1 Å². The Hall–Kier alpha value is -2.52. The van der Waals surface area contributed by atoms with Crippen molar-refractivity contribution in [1.29, 1.82) is 0 Å². The third-order valence-electron chi connectivity index (χ3n) is 2.38. The van der Waals surface area contributed by atoms with Crippen LogP contribution in [0.15, 0.2) is 24.3 Å². The molecule has 6 nitrogen and oxygen atoms in total. The zero-order valence-corrected chi connectivity index (χ0v) is 11.1. The van der Waals surface area contributed by atoms with E-state index in [0.29, 0.717) is 11.4 Å². The van der Waals surface area contributed by atoms with Gasteiger partial charge in [-0.1, -0.05) is 0 Å². The van der Waals surface area contributed by atoms with Gasteiger partial charge in [0.25, 0.3) is 0 Å². The summed E-state index contributed by atoms with van der Waals surface area (Å²) in [6, 6.07) is 5.76. The fourth-order valence-corrected chi connectivity index (χ4v) is 1.29. The minimum atomic E-state index is -0.741. The van der Waals surface area contributed by atoms with Crippen LogP contribution in [0.1, 0.15) is 6.42 Å². The monoisotopic (exact) mass is 276 g/mol. The van der Waals surface area contributed by atoms with E-state index in [9.17, 15) is 9.59 Å². The predicted molar refractivity (Wildman–Crippen MR) is 74.0 cm³/mol. The highest BCUT2D eigenvalue weighted by atomic mass is 16.6. The molecule has 1 aromatic carbocycles. The second kappa shape index (κ2) is 7.81. The number of terminal acetylenes is 1. The molecule has 1 rings (SSSR count). The summed E-state index contributed by atoms with van der Waals surface area (Å²) in [5.74, 6) is 1.99. The molecule has 0 radical (unpaired) electrons. The van der Waals surface area contributed by atoms with Crippen molar-refractivity contribution in [3.63, 3.8) is 0 Å². The third-order valence-corrected chi connectivity index (χ3v) is 2.38. The first-order chi connectivity index (χ1) is 9.56. The van der Waals surface area contributed by atoms with E-state index >= 15 is 0 Å².